The third-order valence-corrected chi connectivity index (χ3v) is 5.77. The van der Waals surface area contributed by atoms with Gasteiger partial charge in [-0.1, -0.05) is 17.3 Å². The van der Waals surface area contributed by atoms with E-state index in [2.05, 4.69) is 39.3 Å². The fraction of sp³-hybridized carbons (Fsp3) is 0.529. The number of thioether (sulfide) groups is 1. The van der Waals surface area contributed by atoms with E-state index in [0.29, 0.717) is 11.7 Å². The minimum atomic E-state index is -0.367. The van der Waals surface area contributed by atoms with Crippen LogP contribution in [0.1, 0.15) is 30.7 Å². The maximum atomic E-state index is 6.25. The average Bonchev–Trinajstić information content (AvgIpc) is 3.05. The summed E-state index contributed by atoms with van der Waals surface area (Å²) in [5.41, 5.74) is 8.18. The predicted octanol–water partition coefficient (Wildman–Crippen LogP) is 2.62. The van der Waals surface area contributed by atoms with Crippen LogP contribution in [0.2, 0.25) is 0 Å². The molecule has 0 amide bonds. The number of rotatable bonds is 4. The predicted molar refractivity (Wildman–Crippen MR) is 92.1 cm³/mol. The van der Waals surface area contributed by atoms with Crippen molar-refractivity contribution in [2.75, 3.05) is 24.6 Å². The Balaban J connectivity index is 1.45. The summed E-state index contributed by atoms with van der Waals surface area (Å²) >= 11 is 2.04. The van der Waals surface area contributed by atoms with Gasteiger partial charge in [-0.25, -0.2) is 0 Å². The number of hydrogen-bond donors (Lipinski definition) is 1. The minimum absolute atomic E-state index is 0.367. The number of aromatic nitrogens is 2. The largest absolute Gasteiger partial charge is 0.334 e. The third kappa shape index (κ3) is 3.16. The van der Waals surface area contributed by atoms with E-state index in [4.69, 9.17) is 10.3 Å². The van der Waals surface area contributed by atoms with Gasteiger partial charge in [-0.05, 0) is 37.0 Å². The Morgan fingerprint density at radius 1 is 1.17 bits per heavy atom. The van der Waals surface area contributed by atoms with Crippen LogP contribution in [0.25, 0.3) is 11.5 Å². The Labute approximate surface area is 140 Å². The van der Waals surface area contributed by atoms with Crippen LogP contribution in [0, 0.1) is 0 Å². The van der Waals surface area contributed by atoms with Gasteiger partial charge < -0.3 is 10.3 Å². The lowest BCUT2D eigenvalue weighted by Gasteiger charge is -2.34. The van der Waals surface area contributed by atoms with Gasteiger partial charge in [-0.2, -0.15) is 16.7 Å². The normalized spacial score (nSPS) is 21.1. The van der Waals surface area contributed by atoms with Crippen molar-refractivity contribution >= 4 is 11.8 Å². The molecule has 23 heavy (non-hydrogen) atoms. The second-order valence-corrected chi connectivity index (χ2v) is 7.74. The van der Waals surface area contributed by atoms with Crippen molar-refractivity contribution in [3.05, 3.63) is 35.7 Å². The van der Waals surface area contributed by atoms with Crippen molar-refractivity contribution in [3.63, 3.8) is 0 Å². The van der Waals surface area contributed by atoms with Gasteiger partial charge in [0.2, 0.25) is 0 Å². The molecule has 1 aromatic heterocycles. The molecule has 2 fully saturated rings. The first-order chi connectivity index (χ1) is 11.2. The van der Waals surface area contributed by atoms with Crippen LogP contribution in [0.5, 0.6) is 0 Å². The molecule has 0 unspecified atom stereocenters. The number of benzene rings is 1. The molecule has 2 N–H and O–H groups in total. The summed E-state index contributed by atoms with van der Waals surface area (Å²) in [6.45, 7) is 3.37. The Morgan fingerprint density at radius 3 is 2.57 bits per heavy atom. The molecule has 6 heteroatoms. The van der Waals surface area contributed by atoms with Gasteiger partial charge in [-0.15, -0.1) is 0 Å². The van der Waals surface area contributed by atoms with E-state index in [1.54, 1.807) is 0 Å². The molecule has 2 aromatic rings. The Kier molecular flexibility index (Phi) is 4.13. The summed E-state index contributed by atoms with van der Waals surface area (Å²) in [6, 6.07) is 8.44. The molecular weight excluding hydrogens is 308 g/mol. The van der Waals surface area contributed by atoms with Gasteiger partial charge in [0, 0.05) is 36.7 Å². The molecule has 2 aliphatic rings. The summed E-state index contributed by atoms with van der Waals surface area (Å²) < 4.78 is 5.41. The van der Waals surface area contributed by atoms with Crippen LogP contribution < -0.4 is 5.73 Å². The topological polar surface area (TPSA) is 68.2 Å². The van der Waals surface area contributed by atoms with E-state index >= 15 is 0 Å². The monoisotopic (exact) mass is 330 g/mol. The van der Waals surface area contributed by atoms with Crippen LogP contribution in [-0.4, -0.2) is 39.6 Å². The minimum Gasteiger partial charge on any atom is -0.334 e. The van der Waals surface area contributed by atoms with Gasteiger partial charge >= 0.3 is 0 Å². The van der Waals surface area contributed by atoms with E-state index in [9.17, 15) is 0 Å². The maximum absolute atomic E-state index is 6.25. The van der Waals surface area contributed by atoms with Crippen LogP contribution in [0.4, 0.5) is 0 Å². The molecule has 0 bridgehead atoms. The number of nitrogens with zero attached hydrogens (tertiary/aromatic N) is 3. The van der Waals surface area contributed by atoms with Crippen LogP contribution in [0.15, 0.2) is 28.8 Å². The Hall–Kier alpha value is -1.37. The van der Waals surface area contributed by atoms with E-state index in [0.717, 1.165) is 31.4 Å². The maximum Gasteiger partial charge on any atom is 0.257 e. The van der Waals surface area contributed by atoms with E-state index in [1.807, 2.05) is 11.8 Å². The van der Waals surface area contributed by atoms with Gasteiger partial charge in [0.25, 0.3) is 5.89 Å². The smallest absolute Gasteiger partial charge is 0.257 e. The zero-order valence-corrected chi connectivity index (χ0v) is 14.0. The average molecular weight is 330 g/mol. The van der Waals surface area contributed by atoms with Gasteiger partial charge in [-0.3, -0.25) is 4.90 Å². The summed E-state index contributed by atoms with van der Waals surface area (Å²) in [4.78, 5) is 7.01. The van der Waals surface area contributed by atoms with Crippen molar-refractivity contribution in [2.24, 2.45) is 5.73 Å². The first-order valence-electron chi connectivity index (χ1n) is 8.25. The summed E-state index contributed by atoms with van der Waals surface area (Å²) in [6.07, 6.45) is 3.03. The zero-order chi connectivity index (χ0) is 15.7. The second kappa shape index (κ2) is 6.26. The summed E-state index contributed by atoms with van der Waals surface area (Å²) in [7, 11) is 0. The van der Waals surface area contributed by atoms with Crippen molar-refractivity contribution in [1.82, 2.24) is 15.0 Å². The molecule has 1 aliphatic heterocycles. The molecule has 1 aromatic carbocycles. The summed E-state index contributed by atoms with van der Waals surface area (Å²) in [5.74, 6) is 3.69. The fourth-order valence-corrected chi connectivity index (χ4v) is 4.07. The zero-order valence-electron chi connectivity index (χ0n) is 13.2. The molecule has 122 valence electrons. The molecule has 1 saturated heterocycles. The van der Waals surface area contributed by atoms with Crippen molar-refractivity contribution in [1.29, 1.82) is 0 Å². The SMILES string of the molecule is NC1(c2noc(-c3ccc(CN4CCSCC4)cc3)n2)CCC1. The number of nitrogens with two attached hydrogens (primary N) is 1. The summed E-state index contributed by atoms with van der Waals surface area (Å²) in [5, 5.41) is 4.08. The first-order valence-corrected chi connectivity index (χ1v) is 9.41. The molecule has 5 nitrogen and oxygen atoms in total. The van der Waals surface area contributed by atoms with Crippen molar-refractivity contribution in [3.8, 4) is 11.5 Å². The molecule has 1 saturated carbocycles. The standard InChI is InChI=1S/C17H22N4OS/c18-17(6-1-7-17)16-19-15(22-20-16)14-4-2-13(3-5-14)12-21-8-10-23-11-9-21/h2-5H,1,6-12,18H2. The highest BCUT2D eigenvalue weighted by molar-refractivity contribution is 7.99. The van der Waals surface area contributed by atoms with Crippen LogP contribution in [0.3, 0.4) is 0 Å². The number of hydrogen-bond acceptors (Lipinski definition) is 6. The van der Waals surface area contributed by atoms with E-state index in [1.165, 1.54) is 30.2 Å². The lowest BCUT2D eigenvalue weighted by molar-refractivity contribution is 0.229. The highest BCUT2D eigenvalue weighted by Gasteiger charge is 2.39. The highest BCUT2D eigenvalue weighted by Crippen LogP contribution is 2.37. The molecule has 0 atom stereocenters. The lowest BCUT2D eigenvalue weighted by Crippen LogP contribution is -2.44. The molecule has 2 heterocycles. The molecule has 0 radical (unpaired) electrons. The fourth-order valence-electron chi connectivity index (χ4n) is 3.09. The molecule has 0 spiro atoms. The second-order valence-electron chi connectivity index (χ2n) is 6.52. The van der Waals surface area contributed by atoms with Crippen molar-refractivity contribution < 1.29 is 4.52 Å². The molecule has 4 rings (SSSR count). The quantitative estimate of drug-likeness (QED) is 0.929. The van der Waals surface area contributed by atoms with Crippen molar-refractivity contribution in [2.45, 2.75) is 31.3 Å². The lowest BCUT2D eigenvalue weighted by atomic mass is 9.77. The molecule has 1 aliphatic carbocycles. The third-order valence-electron chi connectivity index (χ3n) is 4.83. The van der Waals surface area contributed by atoms with Gasteiger partial charge in [0.05, 0.1) is 5.54 Å². The van der Waals surface area contributed by atoms with Gasteiger partial charge in [0.15, 0.2) is 5.82 Å². The molecular formula is C17H22N4OS. The first kappa shape index (κ1) is 15.2. The van der Waals surface area contributed by atoms with E-state index < -0.39 is 0 Å². The Morgan fingerprint density at radius 2 is 1.91 bits per heavy atom. The Bertz CT molecular complexity index is 659. The van der Waals surface area contributed by atoms with E-state index in [-0.39, 0.29) is 5.54 Å². The van der Waals surface area contributed by atoms with Crippen LogP contribution in [-0.2, 0) is 12.1 Å². The highest BCUT2D eigenvalue weighted by atomic mass is 32.2. The van der Waals surface area contributed by atoms with Gasteiger partial charge in [0.1, 0.15) is 0 Å². The van der Waals surface area contributed by atoms with Crippen LogP contribution >= 0.6 is 11.8 Å².